The molecular weight excluding hydrogens is 290 g/mol. The van der Waals surface area contributed by atoms with Crippen molar-refractivity contribution in [2.45, 2.75) is 50.9 Å². The van der Waals surface area contributed by atoms with Crippen LogP contribution in [0.5, 0.6) is 0 Å². The van der Waals surface area contributed by atoms with Crippen LogP contribution in [0.2, 0.25) is 0 Å². The third-order valence-corrected chi connectivity index (χ3v) is 5.47. The molecule has 124 valence electrons. The van der Waals surface area contributed by atoms with Crippen molar-refractivity contribution in [3.8, 4) is 0 Å². The maximum absolute atomic E-state index is 12.2. The minimum Gasteiger partial charge on any atom is -0.481 e. The Hall–Kier alpha value is -1.84. The highest BCUT2D eigenvalue weighted by Gasteiger charge is 2.27. The summed E-state index contributed by atoms with van der Waals surface area (Å²) >= 11 is 0. The number of carbonyl (C=O) groups excluding carboxylic acids is 1. The number of rotatable bonds is 5. The summed E-state index contributed by atoms with van der Waals surface area (Å²) in [5.41, 5.74) is 2.72. The van der Waals surface area contributed by atoms with Crippen LogP contribution in [-0.4, -0.2) is 23.5 Å². The van der Waals surface area contributed by atoms with Crippen LogP contribution in [0, 0.1) is 11.8 Å². The summed E-state index contributed by atoms with van der Waals surface area (Å²) in [7, 11) is 0. The molecule has 2 aliphatic rings. The molecule has 1 atom stereocenters. The molecule has 1 aromatic carbocycles. The zero-order valence-electron chi connectivity index (χ0n) is 13.5. The number of amides is 1. The maximum atomic E-state index is 12.2. The van der Waals surface area contributed by atoms with Crippen LogP contribution in [0.15, 0.2) is 24.3 Å². The first-order chi connectivity index (χ1) is 11.1. The van der Waals surface area contributed by atoms with E-state index in [1.807, 2.05) is 0 Å². The number of carboxylic acid groups (broad SMARTS) is 1. The van der Waals surface area contributed by atoms with Gasteiger partial charge in [0.05, 0.1) is 5.92 Å². The minimum absolute atomic E-state index is 0.132. The van der Waals surface area contributed by atoms with Crippen molar-refractivity contribution in [3.05, 3.63) is 35.4 Å². The number of nitrogens with one attached hydrogen (secondary N) is 1. The average molecular weight is 315 g/mol. The van der Waals surface area contributed by atoms with Gasteiger partial charge in [-0.05, 0) is 61.5 Å². The van der Waals surface area contributed by atoms with E-state index in [4.69, 9.17) is 5.11 Å². The number of hydrogen-bond donors (Lipinski definition) is 2. The van der Waals surface area contributed by atoms with Gasteiger partial charge in [-0.15, -0.1) is 0 Å². The Morgan fingerprint density at radius 3 is 2.57 bits per heavy atom. The van der Waals surface area contributed by atoms with E-state index in [9.17, 15) is 9.59 Å². The first kappa shape index (κ1) is 16.0. The van der Waals surface area contributed by atoms with Crippen LogP contribution in [0.1, 0.15) is 55.6 Å². The Morgan fingerprint density at radius 1 is 1.09 bits per heavy atom. The van der Waals surface area contributed by atoms with Crippen LogP contribution < -0.4 is 5.32 Å². The Labute approximate surface area is 137 Å². The Kier molecular flexibility index (Phi) is 4.99. The highest BCUT2D eigenvalue weighted by Crippen LogP contribution is 2.35. The lowest BCUT2D eigenvalue weighted by Gasteiger charge is -2.26. The van der Waals surface area contributed by atoms with Gasteiger partial charge in [-0.1, -0.05) is 24.3 Å². The van der Waals surface area contributed by atoms with Crippen LogP contribution in [0.4, 0.5) is 0 Å². The number of hydrogen-bond acceptors (Lipinski definition) is 2. The van der Waals surface area contributed by atoms with Gasteiger partial charge in [0.1, 0.15) is 0 Å². The summed E-state index contributed by atoms with van der Waals surface area (Å²) in [4.78, 5) is 23.2. The fourth-order valence-corrected chi connectivity index (χ4v) is 4.03. The molecule has 23 heavy (non-hydrogen) atoms. The molecule has 1 saturated carbocycles. The lowest BCUT2D eigenvalue weighted by molar-refractivity contribution is -0.143. The first-order valence-corrected chi connectivity index (χ1v) is 8.70. The highest BCUT2D eigenvalue weighted by molar-refractivity contribution is 5.77. The molecule has 2 aliphatic carbocycles. The molecule has 1 fully saturated rings. The van der Waals surface area contributed by atoms with Crippen molar-refractivity contribution < 1.29 is 14.7 Å². The van der Waals surface area contributed by atoms with E-state index in [1.165, 1.54) is 11.1 Å². The molecule has 0 saturated heterocycles. The van der Waals surface area contributed by atoms with E-state index in [0.717, 1.165) is 38.5 Å². The van der Waals surface area contributed by atoms with Crippen LogP contribution in [0.25, 0.3) is 0 Å². The molecule has 0 aromatic heterocycles. The highest BCUT2D eigenvalue weighted by atomic mass is 16.4. The predicted octanol–water partition coefficient (Wildman–Crippen LogP) is 3.11. The van der Waals surface area contributed by atoms with E-state index >= 15 is 0 Å². The van der Waals surface area contributed by atoms with E-state index in [0.29, 0.717) is 24.8 Å². The largest absolute Gasteiger partial charge is 0.481 e. The first-order valence-electron chi connectivity index (χ1n) is 8.70. The number of aliphatic carboxylic acids is 1. The number of carboxylic acids is 1. The number of fused-ring (bicyclic) bond motifs is 1. The molecule has 1 aromatic rings. The number of carbonyl (C=O) groups is 2. The molecule has 3 rings (SSSR count). The molecular formula is C19H25NO3. The molecule has 4 heteroatoms. The van der Waals surface area contributed by atoms with E-state index < -0.39 is 5.97 Å². The molecule has 0 unspecified atom stereocenters. The average Bonchev–Trinajstić information content (AvgIpc) is 2.96. The van der Waals surface area contributed by atoms with Crippen molar-refractivity contribution in [3.63, 3.8) is 0 Å². The third kappa shape index (κ3) is 3.92. The monoisotopic (exact) mass is 315 g/mol. The molecule has 0 heterocycles. The molecule has 0 aliphatic heterocycles. The SMILES string of the molecule is O=C(C[C@@H]1CCc2ccccc21)NCC1CCC(C(=O)O)CC1. The standard InChI is InChI=1S/C19H25NO3/c21-18(11-16-10-9-14-3-1-2-4-17(14)16)20-12-13-5-7-15(8-6-13)19(22)23/h1-4,13,15-16H,5-12H2,(H,20,21)(H,22,23)/t13?,15?,16-/m0/s1. The summed E-state index contributed by atoms with van der Waals surface area (Å²) < 4.78 is 0. The maximum Gasteiger partial charge on any atom is 0.306 e. The van der Waals surface area contributed by atoms with Gasteiger partial charge in [-0.3, -0.25) is 9.59 Å². The molecule has 0 bridgehead atoms. The molecule has 2 N–H and O–H groups in total. The second kappa shape index (κ2) is 7.16. The van der Waals surface area contributed by atoms with Gasteiger partial charge in [0.2, 0.25) is 5.91 Å². The summed E-state index contributed by atoms with van der Waals surface area (Å²) in [6, 6.07) is 8.42. The van der Waals surface area contributed by atoms with Crippen LogP contribution in [-0.2, 0) is 16.0 Å². The number of benzene rings is 1. The van der Waals surface area contributed by atoms with E-state index in [2.05, 4.69) is 29.6 Å². The van der Waals surface area contributed by atoms with Gasteiger partial charge in [-0.2, -0.15) is 0 Å². The summed E-state index contributed by atoms with van der Waals surface area (Å²) in [5.74, 6) is 0.0655. The predicted molar refractivity (Wildman–Crippen MR) is 88.2 cm³/mol. The third-order valence-electron chi connectivity index (χ3n) is 5.47. The summed E-state index contributed by atoms with van der Waals surface area (Å²) in [5, 5.41) is 12.1. The van der Waals surface area contributed by atoms with Gasteiger partial charge >= 0.3 is 5.97 Å². The second-order valence-electron chi connectivity index (χ2n) is 7.00. The lowest BCUT2D eigenvalue weighted by atomic mass is 9.82. The topological polar surface area (TPSA) is 66.4 Å². The van der Waals surface area contributed by atoms with Crippen molar-refractivity contribution in [2.24, 2.45) is 11.8 Å². The zero-order chi connectivity index (χ0) is 16.2. The Morgan fingerprint density at radius 2 is 1.83 bits per heavy atom. The van der Waals surface area contributed by atoms with Crippen molar-refractivity contribution in [1.82, 2.24) is 5.32 Å². The van der Waals surface area contributed by atoms with Crippen LogP contribution >= 0.6 is 0 Å². The Balaban J connectivity index is 1.42. The molecule has 0 spiro atoms. The molecule has 1 amide bonds. The second-order valence-corrected chi connectivity index (χ2v) is 7.00. The lowest BCUT2D eigenvalue weighted by Crippen LogP contribution is -2.32. The van der Waals surface area contributed by atoms with Crippen molar-refractivity contribution in [1.29, 1.82) is 0 Å². The molecule has 4 nitrogen and oxygen atoms in total. The van der Waals surface area contributed by atoms with E-state index in [1.54, 1.807) is 0 Å². The number of aryl methyl sites for hydroxylation is 1. The van der Waals surface area contributed by atoms with Gasteiger partial charge < -0.3 is 10.4 Å². The van der Waals surface area contributed by atoms with Gasteiger partial charge in [0, 0.05) is 13.0 Å². The van der Waals surface area contributed by atoms with Gasteiger partial charge in [0.25, 0.3) is 0 Å². The summed E-state index contributed by atoms with van der Waals surface area (Å²) in [6.07, 6.45) is 6.01. The van der Waals surface area contributed by atoms with Crippen LogP contribution in [0.3, 0.4) is 0 Å². The Bertz CT molecular complexity index is 576. The van der Waals surface area contributed by atoms with Gasteiger partial charge in [0.15, 0.2) is 0 Å². The summed E-state index contributed by atoms with van der Waals surface area (Å²) in [6.45, 7) is 0.694. The van der Waals surface area contributed by atoms with Crippen molar-refractivity contribution in [2.75, 3.05) is 6.54 Å². The minimum atomic E-state index is -0.674. The fraction of sp³-hybridized carbons (Fsp3) is 0.579. The normalized spacial score (nSPS) is 26.5. The smallest absolute Gasteiger partial charge is 0.306 e. The van der Waals surface area contributed by atoms with Gasteiger partial charge in [-0.25, -0.2) is 0 Å². The van der Waals surface area contributed by atoms with Crippen molar-refractivity contribution >= 4 is 11.9 Å². The molecule has 0 radical (unpaired) electrons. The fourth-order valence-electron chi connectivity index (χ4n) is 4.03. The quantitative estimate of drug-likeness (QED) is 0.877. The van der Waals surface area contributed by atoms with E-state index in [-0.39, 0.29) is 11.8 Å². The zero-order valence-corrected chi connectivity index (χ0v) is 13.5.